The van der Waals surface area contributed by atoms with Crippen LogP contribution in [-0.2, 0) is 11.0 Å². The van der Waals surface area contributed by atoms with Crippen LogP contribution in [0.15, 0.2) is 127 Å². The van der Waals surface area contributed by atoms with Crippen LogP contribution in [0.25, 0.3) is 12.2 Å². The summed E-state index contributed by atoms with van der Waals surface area (Å²) >= 11 is 1.74. The van der Waals surface area contributed by atoms with Crippen LogP contribution in [0.5, 0.6) is 5.75 Å². The molecule has 250 valence electrons. The fourth-order valence-corrected chi connectivity index (χ4v) is 11.7. The summed E-state index contributed by atoms with van der Waals surface area (Å²) in [7, 11) is -2.50. The number of nitrogens with one attached hydrogen (secondary N) is 1. The summed E-state index contributed by atoms with van der Waals surface area (Å²) in [4.78, 5) is 1.23. The van der Waals surface area contributed by atoms with Crippen molar-refractivity contribution in [1.29, 1.82) is 0 Å². The van der Waals surface area contributed by atoms with Gasteiger partial charge in [0.05, 0.1) is 0 Å². The number of benzene rings is 4. The van der Waals surface area contributed by atoms with Crippen LogP contribution in [0.2, 0.25) is 5.04 Å². The molecule has 48 heavy (non-hydrogen) atoms. The number of hydrogen-bond acceptors (Lipinski definition) is 4. The van der Waals surface area contributed by atoms with Crippen molar-refractivity contribution in [1.82, 2.24) is 5.32 Å². The SMILES string of the molecule is CCCC(NCCCCO[Si](c1ccccc1)(c1ccccc1)C(C)(C)C)c1ccc(C=Cc2cccs2)c(OCc2ccccc2)c1. The molecule has 1 heterocycles. The predicted molar refractivity (Wildman–Crippen MR) is 209 cm³/mol. The fraction of sp³-hybridized carbons (Fsp3) is 0.302. The van der Waals surface area contributed by atoms with Gasteiger partial charge in [-0.2, -0.15) is 0 Å². The molecule has 1 unspecified atom stereocenters. The molecule has 5 rings (SSSR count). The largest absolute Gasteiger partial charge is 0.488 e. The van der Waals surface area contributed by atoms with E-state index in [2.05, 4.69) is 166 Å². The lowest BCUT2D eigenvalue weighted by Crippen LogP contribution is -2.66. The van der Waals surface area contributed by atoms with Crippen LogP contribution < -0.4 is 20.4 Å². The molecule has 0 amide bonds. The van der Waals surface area contributed by atoms with Gasteiger partial charge in [-0.15, -0.1) is 11.3 Å². The van der Waals surface area contributed by atoms with Crippen molar-refractivity contribution >= 4 is 42.2 Å². The number of hydrogen-bond donors (Lipinski definition) is 1. The molecule has 0 aliphatic rings. The third-order valence-corrected chi connectivity index (χ3v) is 14.8. The van der Waals surface area contributed by atoms with E-state index >= 15 is 0 Å². The van der Waals surface area contributed by atoms with Gasteiger partial charge in [-0.25, -0.2) is 0 Å². The van der Waals surface area contributed by atoms with Gasteiger partial charge in [0.1, 0.15) is 12.4 Å². The minimum atomic E-state index is -2.50. The van der Waals surface area contributed by atoms with Gasteiger partial charge in [0.25, 0.3) is 8.32 Å². The monoisotopic (exact) mass is 673 g/mol. The van der Waals surface area contributed by atoms with Gasteiger partial charge < -0.3 is 14.5 Å². The highest BCUT2D eigenvalue weighted by atomic mass is 32.1. The van der Waals surface area contributed by atoms with E-state index in [0.29, 0.717) is 6.61 Å². The Bertz CT molecular complexity index is 1630. The first-order chi connectivity index (χ1) is 23.4. The standard InChI is InChI=1S/C43H51NO2SSi/c1-5-18-41(37-27-26-36(28-29-38-21-17-32-47-38)42(33-37)45-34-35-19-9-6-10-20-35)44-30-15-16-31-46-48(43(2,3)4,39-22-11-7-12-23-39)40-24-13-8-14-25-40/h6-14,17,19-29,32-33,41,44H,5,15-16,18,30-31,34H2,1-4H3. The number of ether oxygens (including phenoxy) is 1. The summed E-state index contributed by atoms with van der Waals surface area (Å²) in [5.74, 6) is 0.922. The Morgan fingerprint density at radius 3 is 2.04 bits per heavy atom. The Labute approximate surface area is 293 Å². The summed E-state index contributed by atoms with van der Waals surface area (Å²) in [5, 5.41) is 8.66. The number of unbranched alkanes of at least 4 members (excludes halogenated alkanes) is 1. The summed E-state index contributed by atoms with van der Waals surface area (Å²) < 4.78 is 13.6. The van der Waals surface area contributed by atoms with Crippen LogP contribution in [0.3, 0.4) is 0 Å². The van der Waals surface area contributed by atoms with Gasteiger partial charge in [-0.1, -0.05) is 143 Å². The Balaban J connectivity index is 1.25. The van der Waals surface area contributed by atoms with E-state index < -0.39 is 8.32 Å². The summed E-state index contributed by atoms with van der Waals surface area (Å²) in [6, 6.07) is 43.5. The molecule has 0 saturated heterocycles. The molecule has 3 nitrogen and oxygen atoms in total. The Morgan fingerprint density at radius 1 is 0.771 bits per heavy atom. The van der Waals surface area contributed by atoms with E-state index in [1.807, 2.05) is 6.07 Å². The van der Waals surface area contributed by atoms with Crippen molar-refractivity contribution < 1.29 is 9.16 Å². The predicted octanol–water partition coefficient (Wildman–Crippen LogP) is 10.3. The van der Waals surface area contributed by atoms with Crippen LogP contribution >= 0.6 is 11.3 Å². The van der Waals surface area contributed by atoms with E-state index in [9.17, 15) is 0 Å². The topological polar surface area (TPSA) is 30.5 Å². The summed E-state index contributed by atoms with van der Waals surface area (Å²) in [6.45, 7) is 11.5. The molecule has 0 bridgehead atoms. The second-order valence-corrected chi connectivity index (χ2v) is 18.7. The maximum atomic E-state index is 7.14. The van der Waals surface area contributed by atoms with Crippen molar-refractivity contribution in [3.8, 4) is 5.75 Å². The van der Waals surface area contributed by atoms with E-state index in [0.717, 1.165) is 50.1 Å². The van der Waals surface area contributed by atoms with Crippen molar-refractivity contribution in [2.45, 2.75) is 71.1 Å². The van der Waals surface area contributed by atoms with Gasteiger partial charge in [-0.05, 0) is 82.0 Å². The highest BCUT2D eigenvalue weighted by Crippen LogP contribution is 2.37. The first-order valence-corrected chi connectivity index (χ1v) is 20.2. The lowest BCUT2D eigenvalue weighted by Gasteiger charge is -2.43. The zero-order chi connectivity index (χ0) is 33.7. The van der Waals surface area contributed by atoms with Crippen molar-refractivity contribution in [2.24, 2.45) is 0 Å². The van der Waals surface area contributed by atoms with E-state index in [1.165, 1.54) is 26.4 Å². The highest BCUT2D eigenvalue weighted by Gasteiger charge is 2.49. The molecule has 0 saturated carbocycles. The van der Waals surface area contributed by atoms with Gasteiger partial charge in [-0.3, -0.25) is 0 Å². The van der Waals surface area contributed by atoms with Crippen molar-refractivity contribution in [3.63, 3.8) is 0 Å². The van der Waals surface area contributed by atoms with Crippen LogP contribution in [0.4, 0.5) is 0 Å². The maximum Gasteiger partial charge on any atom is 0.261 e. The fourth-order valence-electron chi connectivity index (χ4n) is 6.49. The lowest BCUT2D eigenvalue weighted by atomic mass is 9.99. The van der Waals surface area contributed by atoms with Crippen molar-refractivity contribution in [2.75, 3.05) is 13.2 Å². The second kappa shape index (κ2) is 17.6. The van der Waals surface area contributed by atoms with Gasteiger partial charge in [0.15, 0.2) is 0 Å². The van der Waals surface area contributed by atoms with Crippen molar-refractivity contribution in [3.05, 3.63) is 148 Å². The van der Waals surface area contributed by atoms with Gasteiger partial charge in [0, 0.05) is 23.1 Å². The normalized spacial score (nSPS) is 12.8. The molecule has 4 aromatic carbocycles. The van der Waals surface area contributed by atoms with E-state index in [1.54, 1.807) is 11.3 Å². The highest BCUT2D eigenvalue weighted by molar-refractivity contribution is 7.10. The Kier molecular flexibility index (Phi) is 13.0. The third kappa shape index (κ3) is 9.23. The zero-order valence-corrected chi connectivity index (χ0v) is 30.8. The molecule has 0 aliphatic carbocycles. The van der Waals surface area contributed by atoms with Gasteiger partial charge >= 0.3 is 0 Å². The molecule has 0 aliphatic heterocycles. The molecule has 1 N–H and O–H groups in total. The Morgan fingerprint density at radius 2 is 1.44 bits per heavy atom. The average molecular weight is 674 g/mol. The van der Waals surface area contributed by atoms with E-state index in [4.69, 9.17) is 9.16 Å². The number of rotatable bonds is 17. The molecule has 5 aromatic rings. The molecule has 0 fully saturated rings. The molecule has 1 aromatic heterocycles. The second-order valence-electron chi connectivity index (χ2n) is 13.4. The van der Waals surface area contributed by atoms with E-state index in [-0.39, 0.29) is 11.1 Å². The lowest BCUT2D eigenvalue weighted by molar-refractivity contribution is 0.286. The van der Waals surface area contributed by atoms with Crippen LogP contribution in [-0.4, -0.2) is 21.5 Å². The van der Waals surface area contributed by atoms with Gasteiger partial charge in [0.2, 0.25) is 0 Å². The third-order valence-electron chi connectivity index (χ3n) is 8.92. The molecule has 0 radical (unpaired) electrons. The quantitative estimate of drug-likeness (QED) is 0.0787. The molecule has 5 heteroatoms. The molecule has 1 atom stereocenters. The zero-order valence-electron chi connectivity index (χ0n) is 29.0. The molecular formula is C43H51NO2SSi. The summed E-state index contributed by atoms with van der Waals surface area (Å²) in [6.07, 6.45) is 8.58. The first-order valence-electron chi connectivity index (χ1n) is 17.4. The smallest absolute Gasteiger partial charge is 0.261 e. The average Bonchev–Trinajstić information content (AvgIpc) is 3.64. The summed E-state index contributed by atoms with van der Waals surface area (Å²) in [5.41, 5.74) is 3.54. The number of thiophene rings is 1. The van der Waals surface area contributed by atoms with Crippen LogP contribution in [0.1, 0.15) is 81.0 Å². The minimum Gasteiger partial charge on any atom is -0.488 e. The molecule has 0 spiro atoms. The molecular weight excluding hydrogens is 623 g/mol. The first kappa shape index (κ1) is 35.6. The maximum absolute atomic E-state index is 7.14. The Hall–Kier alpha value is -3.74. The van der Waals surface area contributed by atoms with Crippen LogP contribution in [0, 0.1) is 0 Å². The minimum absolute atomic E-state index is 0.00834.